The summed E-state index contributed by atoms with van der Waals surface area (Å²) in [6.07, 6.45) is -4.16. The summed E-state index contributed by atoms with van der Waals surface area (Å²) in [6.45, 7) is 1.23. The normalized spacial score (nSPS) is 11.9. The van der Waals surface area contributed by atoms with Gasteiger partial charge in [0.15, 0.2) is 0 Å². The highest BCUT2D eigenvalue weighted by atomic mass is 19.4. The topological polar surface area (TPSA) is 12.5 Å². The van der Waals surface area contributed by atoms with Crippen LogP contribution in [0.25, 0.3) is 0 Å². The Labute approximate surface area is 99.0 Å². The lowest BCUT2D eigenvalue weighted by molar-refractivity contribution is -0.144. The third-order valence-electron chi connectivity index (χ3n) is 2.36. The highest BCUT2D eigenvalue weighted by Crippen LogP contribution is 2.21. The van der Waals surface area contributed by atoms with Crippen molar-refractivity contribution in [3.8, 4) is 5.75 Å². The second kappa shape index (κ2) is 5.40. The van der Waals surface area contributed by atoms with Crippen molar-refractivity contribution in [2.24, 2.45) is 0 Å². The number of hydrogen-bond donors (Lipinski definition) is 0. The molecular weight excluding hydrogens is 231 g/mol. The van der Waals surface area contributed by atoms with Crippen LogP contribution in [-0.2, 0) is 6.54 Å². The van der Waals surface area contributed by atoms with Crippen molar-refractivity contribution >= 4 is 0 Å². The van der Waals surface area contributed by atoms with Crippen molar-refractivity contribution in [1.82, 2.24) is 4.90 Å². The molecule has 0 N–H and O–H groups in total. The molecule has 0 spiro atoms. The van der Waals surface area contributed by atoms with E-state index in [1.165, 1.54) is 11.9 Å². The Kier molecular flexibility index (Phi) is 4.40. The van der Waals surface area contributed by atoms with Crippen molar-refractivity contribution in [2.75, 3.05) is 20.7 Å². The van der Waals surface area contributed by atoms with Crippen LogP contribution in [0.1, 0.15) is 11.1 Å². The molecule has 1 aromatic rings. The first kappa shape index (κ1) is 13.8. The number of aryl methyl sites for hydroxylation is 1. The molecule has 5 heteroatoms. The molecule has 1 rings (SSSR count). The molecule has 0 bridgehead atoms. The molecule has 0 radical (unpaired) electrons. The van der Waals surface area contributed by atoms with Crippen LogP contribution in [0.5, 0.6) is 5.75 Å². The molecule has 17 heavy (non-hydrogen) atoms. The molecule has 0 saturated carbocycles. The van der Waals surface area contributed by atoms with E-state index in [9.17, 15) is 13.2 Å². The third kappa shape index (κ3) is 4.65. The first-order chi connectivity index (χ1) is 7.81. The first-order valence-corrected chi connectivity index (χ1v) is 5.20. The van der Waals surface area contributed by atoms with E-state index in [-0.39, 0.29) is 6.54 Å². The fraction of sp³-hybridized carbons (Fsp3) is 0.500. The molecule has 0 aromatic heterocycles. The largest absolute Gasteiger partial charge is 0.496 e. The van der Waals surface area contributed by atoms with E-state index in [0.717, 1.165) is 16.9 Å². The van der Waals surface area contributed by atoms with Gasteiger partial charge in [0.05, 0.1) is 13.7 Å². The number of methoxy groups -OCH3 is 1. The predicted molar refractivity (Wildman–Crippen MR) is 60.1 cm³/mol. The molecule has 0 heterocycles. The van der Waals surface area contributed by atoms with Crippen LogP contribution in [-0.4, -0.2) is 31.8 Å². The van der Waals surface area contributed by atoms with Crippen molar-refractivity contribution in [1.29, 1.82) is 0 Å². The molecule has 0 amide bonds. The number of alkyl halides is 3. The van der Waals surface area contributed by atoms with E-state index < -0.39 is 12.7 Å². The van der Waals surface area contributed by atoms with E-state index in [1.807, 2.05) is 13.0 Å². The highest BCUT2D eigenvalue weighted by molar-refractivity contribution is 5.36. The van der Waals surface area contributed by atoms with Crippen LogP contribution < -0.4 is 4.74 Å². The number of rotatable bonds is 4. The van der Waals surface area contributed by atoms with Crippen LogP contribution in [0, 0.1) is 6.92 Å². The maximum atomic E-state index is 12.1. The molecule has 0 aliphatic carbocycles. The van der Waals surface area contributed by atoms with E-state index >= 15 is 0 Å². The van der Waals surface area contributed by atoms with Gasteiger partial charge in [0.1, 0.15) is 5.75 Å². The zero-order chi connectivity index (χ0) is 13.1. The Balaban J connectivity index is 2.66. The lowest BCUT2D eigenvalue weighted by Gasteiger charge is -2.19. The van der Waals surface area contributed by atoms with Gasteiger partial charge >= 0.3 is 6.18 Å². The summed E-state index contributed by atoms with van der Waals surface area (Å²) in [5, 5.41) is 0. The van der Waals surface area contributed by atoms with Crippen LogP contribution in [0.2, 0.25) is 0 Å². The highest BCUT2D eigenvalue weighted by Gasteiger charge is 2.29. The first-order valence-electron chi connectivity index (χ1n) is 5.20. The van der Waals surface area contributed by atoms with Crippen LogP contribution in [0.4, 0.5) is 13.2 Å². The number of hydrogen-bond acceptors (Lipinski definition) is 2. The average molecular weight is 247 g/mol. The Morgan fingerprint density at radius 2 is 1.94 bits per heavy atom. The second-order valence-electron chi connectivity index (χ2n) is 4.09. The van der Waals surface area contributed by atoms with Crippen LogP contribution in [0.3, 0.4) is 0 Å². The molecule has 0 saturated heterocycles. The minimum atomic E-state index is -4.16. The van der Waals surface area contributed by atoms with Gasteiger partial charge in [-0.1, -0.05) is 12.1 Å². The zero-order valence-corrected chi connectivity index (χ0v) is 10.1. The minimum Gasteiger partial charge on any atom is -0.496 e. The van der Waals surface area contributed by atoms with Gasteiger partial charge in [0.25, 0.3) is 0 Å². The fourth-order valence-electron chi connectivity index (χ4n) is 1.71. The van der Waals surface area contributed by atoms with E-state index in [0.29, 0.717) is 0 Å². The van der Waals surface area contributed by atoms with Gasteiger partial charge < -0.3 is 4.74 Å². The molecule has 1 aromatic carbocycles. The van der Waals surface area contributed by atoms with Gasteiger partial charge in [0.2, 0.25) is 0 Å². The van der Waals surface area contributed by atoms with E-state index in [1.54, 1.807) is 19.2 Å². The molecule has 0 aliphatic rings. The second-order valence-corrected chi connectivity index (χ2v) is 4.09. The molecular formula is C12H16F3NO. The Morgan fingerprint density at radius 1 is 1.29 bits per heavy atom. The summed E-state index contributed by atoms with van der Waals surface area (Å²) in [6, 6.07) is 5.39. The fourth-order valence-corrected chi connectivity index (χ4v) is 1.71. The molecule has 0 unspecified atom stereocenters. The van der Waals surface area contributed by atoms with Gasteiger partial charge in [-0.15, -0.1) is 0 Å². The molecule has 96 valence electrons. The summed E-state index contributed by atoms with van der Waals surface area (Å²) >= 11 is 0. The number of nitrogens with zero attached hydrogens (tertiary/aromatic N) is 1. The minimum absolute atomic E-state index is 0.268. The van der Waals surface area contributed by atoms with Crippen LogP contribution in [0.15, 0.2) is 18.2 Å². The Bertz CT molecular complexity index is 377. The predicted octanol–water partition coefficient (Wildman–Crippen LogP) is 3.00. The van der Waals surface area contributed by atoms with Gasteiger partial charge in [0, 0.05) is 6.54 Å². The SMILES string of the molecule is COc1ccc(CN(C)CC(F)(F)F)cc1C. The standard InChI is InChI=1S/C12H16F3NO/c1-9-6-10(4-5-11(9)17-3)7-16(2)8-12(13,14)15/h4-6H,7-8H2,1-3H3. The Morgan fingerprint density at radius 3 is 2.41 bits per heavy atom. The van der Waals surface area contributed by atoms with Crippen molar-refractivity contribution < 1.29 is 17.9 Å². The molecule has 0 aliphatic heterocycles. The third-order valence-corrected chi connectivity index (χ3v) is 2.36. The molecule has 2 nitrogen and oxygen atoms in total. The van der Waals surface area contributed by atoms with Crippen molar-refractivity contribution in [3.63, 3.8) is 0 Å². The van der Waals surface area contributed by atoms with Crippen molar-refractivity contribution in [2.45, 2.75) is 19.6 Å². The summed E-state index contributed by atoms with van der Waals surface area (Å²) in [4.78, 5) is 1.24. The smallest absolute Gasteiger partial charge is 0.401 e. The van der Waals surface area contributed by atoms with Crippen molar-refractivity contribution in [3.05, 3.63) is 29.3 Å². The lowest BCUT2D eigenvalue weighted by Crippen LogP contribution is -2.30. The average Bonchev–Trinajstić information content (AvgIpc) is 2.14. The summed E-state index contributed by atoms with van der Waals surface area (Å²) in [7, 11) is 3.02. The molecule has 0 fully saturated rings. The number of benzene rings is 1. The quantitative estimate of drug-likeness (QED) is 0.811. The summed E-state index contributed by atoms with van der Waals surface area (Å²) in [5.74, 6) is 0.743. The van der Waals surface area contributed by atoms with Gasteiger partial charge in [-0.2, -0.15) is 13.2 Å². The van der Waals surface area contributed by atoms with E-state index in [4.69, 9.17) is 4.74 Å². The monoisotopic (exact) mass is 247 g/mol. The summed E-state index contributed by atoms with van der Waals surface area (Å²) < 4.78 is 41.5. The molecule has 0 atom stereocenters. The number of ether oxygens (including phenoxy) is 1. The van der Waals surface area contributed by atoms with Gasteiger partial charge in [-0.3, -0.25) is 4.90 Å². The maximum Gasteiger partial charge on any atom is 0.401 e. The van der Waals surface area contributed by atoms with Gasteiger partial charge in [-0.25, -0.2) is 0 Å². The maximum absolute atomic E-state index is 12.1. The lowest BCUT2D eigenvalue weighted by atomic mass is 10.1. The summed E-state index contributed by atoms with van der Waals surface area (Å²) in [5.41, 5.74) is 1.76. The van der Waals surface area contributed by atoms with Crippen LogP contribution >= 0.6 is 0 Å². The zero-order valence-electron chi connectivity index (χ0n) is 10.1. The van der Waals surface area contributed by atoms with Gasteiger partial charge in [-0.05, 0) is 31.2 Å². The Hall–Kier alpha value is -1.23. The number of halogens is 3. The van der Waals surface area contributed by atoms with E-state index in [2.05, 4.69) is 0 Å².